The van der Waals surface area contributed by atoms with Crippen LogP contribution in [-0.4, -0.2) is 62.6 Å². The van der Waals surface area contributed by atoms with Crippen LogP contribution in [0.3, 0.4) is 0 Å². The Morgan fingerprint density at radius 2 is 1.39 bits per heavy atom. The van der Waals surface area contributed by atoms with Crippen molar-refractivity contribution in [3.8, 4) is 0 Å². The van der Waals surface area contributed by atoms with Gasteiger partial charge in [-0.2, -0.15) is 0 Å². The summed E-state index contributed by atoms with van der Waals surface area (Å²) in [7, 11) is 0. The lowest BCUT2D eigenvalue weighted by Crippen LogP contribution is -2.40. The van der Waals surface area contributed by atoms with Crippen molar-refractivity contribution in [1.29, 1.82) is 0 Å². The zero-order valence-corrected chi connectivity index (χ0v) is 16.3. The quantitative estimate of drug-likeness (QED) is 0.870. The lowest BCUT2D eigenvalue weighted by atomic mass is 10.1. The number of nitrogen functional groups attached to an aromatic ring is 1. The standard InChI is InChI=1S/C21H27N5O2/c1-16-4-2-3-5-17(16)6-7-18-23-20(25-8-12-27-13-9-25)19(22)21(24-18)26-10-14-28-15-11-26/h2-7H,8-15,22H2,1H3/b7-6+. The van der Waals surface area contributed by atoms with Gasteiger partial charge >= 0.3 is 0 Å². The van der Waals surface area contributed by atoms with Crippen molar-refractivity contribution in [2.45, 2.75) is 6.92 Å². The third-order valence-corrected chi connectivity index (χ3v) is 5.14. The molecule has 2 fully saturated rings. The Kier molecular flexibility index (Phi) is 5.73. The van der Waals surface area contributed by atoms with Crippen molar-refractivity contribution >= 4 is 29.5 Å². The molecule has 2 N–H and O–H groups in total. The molecule has 7 nitrogen and oxygen atoms in total. The number of aryl methyl sites for hydroxylation is 1. The summed E-state index contributed by atoms with van der Waals surface area (Å²) in [4.78, 5) is 14.0. The molecule has 0 spiro atoms. The Labute approximate surface area is 165 Å². The maximum absolute atomic E-state index is 6.53. The first kappa shape index (κ1) is 18.7. The third kappa shape index (κ3) is 4.10. The zero-order chi connectivity index (χ0) is 19.3. The fraction of sp³-hybridized carbons (Fsp3) is 0.429. The van der Waals surface area contributed by atoms with E-state index < -0.39 is 0 Å². The minimum absolute atomic E-state index is 0.636. The first-order valence-electron chi connectivity index (χ1n) is 9.79. The summed E-state index contributed by atoms with van der Waals surface area (Å²) in [5.74, 6) is 2.26. The van der Waals surface area contributed by atoms with Gasteiger partial charge in [-0.15, -0.1) is 0 Å². The largest absolute Gasteiger partial charge is 0.393 e. The number of rotatable bonds is 4. The number of aromatic nitrogens is 2. The average Bonchev–Trinajstić information content (AvgIpc) is 2.75. The van der Waals surface area contributed by atoms with Gasteiger partial charge in [0, 0.05) is 26.2 Å². The van der Waals surface area contributed by atoms with Crippen LogP contribution in [0.4, 0.5) is 17.3 Å². The van der Waals surface area contributed by atoms with Crippen molar-refractivity contribution in [3.05, 3.63) is 41.2 Å². The fourth-order valence-electron chi connectivity index (χ4n) is 3.51. The van der Waals surface area contributed by atoms with E-state index in [9.17, 15) is 0 Å². The van der Waals surface area contributed by atoms with E-state index in [0.717, 1.165) is 43.4 Å². The van der Waals surface area contributed by atoms with E-state index in [4.69, 9.17) is 25.2 Å². The molecule has 0 amide bonds. The second kappa shape index (κ2) is 8.58. The van der Waals surface area contributed by atoms with Crippen LogP contribution in [0.1, 0.15) is 17.0 Å². The highest BCUT2D eigenvalue weighted by atomic mass is 16.5. The monoisotopic (exact) mass is 381 g/mol. The second-order valence-corrected chi connectivity index (χ2v) is 7.03. The van der Waals surface area contributed by atoms with Crippen molar-refractivity contribution in [2.75, 3.05) is 68.1 Å². The van der Waals surface area contributed by atoms with Crippen LogP contribution in [0, 0.1) is 6.92 Å². The van der Waals surface area contributed by atoms with Gasteiger partial charge in [-0.25, -0.2) is 9.97 Å². The summed E-state index contributed by atoms with van der Waals surface area (Å²) in [6.07, 6.45) is 4.03. The van der Waals surface area contributed by atoms with Crippen LogP contribution < -0.4 is 15.5 Å². The highest BCUT2D eigenvalue weighted by Gasteiger charge is 2.23. The van der Waals surface area contributed by atoms with Crippen molar-refractivity contribution in [3.63, 3.8) is 0 Å². The first-order valence-corrected chi connectivity index (χ1v) is 9.79. The maximum Gasteiger partial charge on any atom is 0.158 e. The van der Waals surface area contributed by atoms with Crippen molar-refractivity contribution < 1.29 is 9.47 Å². The SMILES string of the molecule is Cc1ccccc1/C=C/c1nc(N2CCOCC2)c(N)c(N2CCOCC2)n1. The minimum atomic E-state index is 0.636. The molecule has 3 heterocycles. The van der Waals surface area contributed by atoms with E-state index in [2.05, 4.69) is 34.9 Å². The van der Waals surface area contributed by atoms with E-state index in [1.807, 2.05) is 18.2 Å². The highest BCUT2D eigenvalue weighted by molar-refractivity contribution is 5.79. The van der Waals surface area contributed by atoms with Gasteiger partial charge in [0.25, 0.3) is 0 Å². The van der Waals surface area contributed by atoms with Crippen LogP contribution in [0.2, 0.25) is 0 Å². The number of nitrogens with two attached hydrogens (primary N) is 1. The number of anilines is 3. The van der Waals surface area contributed by atoms with E-state index in [1.165, 1.54) is 5.56 Å². The first-order chi connectivity index (χ1) is 13.7. The zero-order valence-electron chi connectivity index (χ0n) is 16.3. The predicted octanol–water partition coefficient (Wildman–Crippen LogP) is 2.21. The van der Waals surface area contributed by atoms with Gasteiger partial charge in [-0.05, 0) is 24.1 Å². The summed E-state index contributed by atoms with van der Waals surface area (Å²) in [5, 5.41) is 0. The molecular weight excluding hydrogens is 354 g/mol. The van der Waals surface area contributed by atoms with Gasteiger partial charge in [0.05, 0.1) is 26.4 Å². The number of benzene rings is 1. The molecule has 2 aliphatic rings. The number of ether oxygens (including phenoxy) is 2. The van der Waals surface area contributed by atoms with Gasteiger partial charge in [-0.1, -0.05) is 30.3 Å². The third-order valence-electron chi connectivity index (χ3n) is 5.14. The molecule has 1 aromatic heterocycles. The van der Waals surface area contributed by atoms with E-state index in [1.54, 1.807) is 0 Å². The average molecular weight is 381 g/mol. The van der Waals surface area contributed by atoms with Crippen LogP contribution in [0.25, 0.3) is 12.2 Å². The Balaban J connectivity index is 1.71. The minimum Gasteiger partial charge on any atom is -0.393 e. The fourth-order valence-corrected chi connectivity index (χ4v) is 3.51. The van der Waals surface area contributed by atoms with Gasteiger partial charge < -0.3 is 25.0 Å². The summed E-state index contributed by atoms with van der Waals surface area (Å²) in [6.45, 7) is 7.97. The van der Waals surface area contributed by atoms with Crippen LogP contribution in [0.5, 0.6) is 0 Å². The maximum atomic E-state index is 6.53. The van der Waals surface area contributed by atoms with Crippen molar-refractivity contribution in [1.82, 2.24) is 9.97 Å². The van der Waals surface area contributed by atoms with Crippen LogP contribution in [-0.2, 0) is 9.47 Å². The Hall–Kier alpha value is -2.64. The molecule has 1 aromatic carbocycles. The number of nitrogens with zero attached hydrogens (tertiary/aromatic N) is 4. The molecule has 0 atom stereocenters. The molecule has 7 heteroatoms. The highest BCUT2D eigenvalue weighted by Crippen LogP contribution is 2.31. The molecule has 0 unspecified atom stereocenters. The molecular formula is C21H27N5O2. The molecule has 0 bridgehead atoms. The number of hydrogen-bond acceptors (Lipinski definition) is 7. The normalized spacial score (nSPS) is 18.0. The number of morpholine rings is 2. The molecule has 0 saturated carbocycles. The van der Waals surface area contributed by atoms with E-state index >= 15 is 0 Å². The topological polar surface area (TPSA) is 76.7 Å². The Morgan fingerprint density at radius 3 is 1.93 bits per heavy atom. The van der Waals surface area contributed by atoms with Crippen LogP contribution in [0.15, 0.2) is 24.3 Å². The van der Waals surface area contributed by atoms with Gasteiger partial charge in [-0.3, -0.25) is 0 Å². The molecule has 2 aliphatic heterocycles. The molecule has 0 radical (unpaired) electrons. The second-order valence-electron chi connectivity index (χ2n) is 7.03. The molecule has 28 heavy (non-hydrogen) atoms. The summed E-state index contributed by atoms with van der Waals surface area (Å²) in [6, 6.07) is 8.27. The molecule has 2 aromatic rings. The van der Waals surface area contributed by atoms with Gasteiger partial charge in [0.15, 0.2) is 17.5 Å². The lowest BCUT2D eigenvalue weighted by Gasteiger charge is -2.32. The van der Waals surface area contributed by atoms with Crippen LogP contribution >= 0.6 is 0 Å². The Morgan fingerprint density at radius 1 is 0.857 bits per heavy atom. The van der Waals surface area contributed by atoms with Crippen molar-refractivity contribution in [2.24, 2.45) is 0 Å². The molecule has 148 valence electrons. The lowest BCUT2D eigenvalue weighted by molar-refractivity contribution is 0.122. The molecule has 4 rings (SSSR count). The summed E-state index contributed by atoms with van der Waals surface area (Å²) < 4.78 is 11.0. The van der Waals surface area contributed by atoms with Gasteiger partial charge in [0.1, 0.15) is 5.69 Å². The molecule has 2 saturated heterocycles. The van der Waals surface area contributed by atoms with Gasteiger partial charge in [0.2, 0.25) is 0 Å². The summed E-state index contributed by atoms with van der Waals surface area (Å²) >= 11 is 0. The Bertz CT molecular complexity index is 803. The van der Waals surface area contributed by atoms with E-state index in [0.29, 0.717) is 37.9 Å². The smallest absolute Gasteiger partial charge is 0.158 e. The number of hydrogen-bond donors (Lipinski definition) is 1. The summed E-state index contributed by atoms with van der Waals surface area (Å²) in [5.41, 5.74) is 9.54. The predicted molar refractivity (Wildman–Crippen MR) is 113 cm³/mol. The van der Waals surface area contributed by atoms with E-state index in [-0.39, 0.29) is 0 Å². The molecule has 0 aliphatic carbocycles.